The van der Waals surface area contributed by atoms with Crippen molar-refractivity contribution in [3.05, 3.63) is 60.7 Å². The highest BCUT2D eigenvalue weighted by atomic mass is 32.2. The van der Waals surface area contributed by atoms with E-state index in [9.17, 15) is 21.6 Å². The number of rotatable bonds is 13. The topological polar surface area (TPSA) is 141 Å². The Morgan fingerprint density at radius 1 is 0.814 bits per heavy atom. The number of benzene rings is 3. The van der Waals surface area contributed by atoms with Crippen molar-refractivity contribution in [3.8, 4) is 23.0 Å². The van der Waals surface area contributed by atoms with Gasteiger partial charge in [-0.1, -0.05) is 0 Å². The molecule has 14 heteroatoms. The Morgan fingerprint density at radius 2 is 1.42 bits per heavy atom. The molecule has 1 N–H and O–H groups in total. The van der Waals surface area contributed by atoms with Crippen LogP contribution in [0.2, 0.25) is 0 Å². The molecule has 0 spiro atoms. The first-order valence-corrected chi connectivity index (χ1v) is 16.4. The molecule has 1 heterocycles. The summed E-state index contributed by atoms with van der Waals surface area (Å²) in [4.78, 5) is 13.3. The van der Waals surface area contributed by atoms with E-state index >= 15 is 0 Å². The van der Waals surface area contributed by atoms with Crippen LogP contribution in [0, 0.1) is 0 Å². The SMILES string of the molecule is CCOc1ccc(N(CC(=O)Nc2cc(S(=O)(=O)N3CCCC3)ccc2OC)S(=O)(=O)c2ccc(OC)c(OC)c2)cc1. The summed E-state index contributed by atoms with van der Waals surface area (Å²) in [7, 11) is -3.90. The Morgan fingerprint density at radius 3 is 2.02 bits per heavy atom. The smallest absolute Gasteiger partial charge is 0.264 e. The Hall–Kier alpha value is -4.01. The molecule has 232 valence electrons. The first-order chi connectivity index (χ1) is 20.5. The number of nitrogens with one attached hydrogen (secondary N) is 1. The quantitative estimate of drug-likeness (QED) is 0.298. The fraction of sp³-hybridized carbons (Fsp3) is 0.345. The lowest BCUT2D eigenvalue weighted by Gasteiger charge is -2.25. The number of anilines is 2. The van der Waals surface area contributed by atoms with E-state index in [1.165, 1.54) is 74.2 Å². The molecule has 0 atom stereocenters. The molecule has 0 aliphatic carbocycles. The number of hydrogen-bond acceptors (Lipinski definition) is 9. The van der Waals surface area contributed by atoms with Gasteiger partial charge in [-0.3, -0.25) is 9.10 Å². The minimum Gasteiger partial charge on any atom is -0.495 e. The number of methoxy groups -OCH3 is 3. The zero-order chi connectivity index (χ0) is 31.2. The van der Waals surface area contributed by atoms with Crippen molar-refractivity contribution in [2.24, 2.45) is 0 Å². The molecule has 3 aromatic carbocycles. The number of ether oxygens (including phenoxy) is 4. The van der Waals surface area contributed by atoms with E-state index in [1.807, 2.05) is 6.92 Å². The summed E-state index contributed by atoms with van der Waals surface area (Å²) < 4.78 is 77.9. The molecule has 1 amide bonds. The predicted octanol–water partition coefficient (Wildman–Crippen LogP) is 3.73. The summed E-state index contributed by atoms with van der Waals surface area (Å²) in [5.41, 5.74) is 0.286. The van der Waals surface area contributed by atoms with Gasteiger partial charge < -0.3 is 24.3 Å². The van der Waals surface area contributed by atoms with Crippen molar-refractivity contribution in [2.75, 3.05) is 57.2 Å². The minimum absolute atomic E-state index is 0.00758. The summed E-state index contributed by atoms with van der Waals surface area (Å²) in [5, 5.41) is 2.64. The maximum atomic E-state index is 14.0. The molecule has 0 aromatic heterocycles. The average Bonchev–Trinajstić information content (AvgIpc) is 3.56. The summed E-state index contributed by atoms with van der Waals surface area (Å²) in [6, 6.07) is 14.6. The highest BCUT2D eigenvalue weighted by molar-refractivity contribution is 7.92. The van der Waals surface area contributed by atoms with Crippen LogP contribution < -0.4 is 28.6 Å². The van der Waals surface area contributed by atoms with Gasteiger partial charge in [0, 0.05) is 19.2 Å². The van der Waals surface area contributed by atoms with Crippen LogP contribution in [0.1, 0.15) is 19.8 Å². The van der Waals surface area contributed by atoms with Gasteiger partial charge in [-0.25, -0.2) is 16.8 Å². The third-order valence-corrected chi connectivity index (χ3v) is 10.5. The molecule has 3 aromatic rings. The zero-order valence-electron chi connectivity index (χ0n) is 24.4. The first-order valence-electron chi connectivity index (χ1n) is 13.5. The monoisotopic (exact) mass is 633 g/mol. The maximum Gasteiger partial charge on any atom is 0.264 e. The highest BCUT2D eigenvalue weighted by Gasteiger charge is 2.30. The van der Waals surface area contributed by atoms with E-state index in [0.717, 1.165) is 17.1 Å². The Kier molecular flexibility index (Phi) is 10.0. The van der Waals surface area contributed by atoms with Crippen molar-refractivity contribution >= 4 is 37.3 Å². The van der Waals surface area contributed by atoms with Crippen molar-refractivity contribution in [2.45, 2.75) is 29.6 Å². The molecular weight excluding hydrogens is 598 g/mol. The highest BCUT2D eigenvalue weighted by Crippen LogP contribution is 2.34. The van der Waals surface area contributed by atoms with Crippen molar-refractivity contribution in [1.29, 1.82) is 0 Å². The molecular formula is C29H35N3O9S2. The number of carbonyl (C=O) groups excluding carboxylic acids is 1. The lowest BCUT2D eigenvalue weighted by Crippen LogP contribution is -2.38. The number of carbonyl (C=O) groups is 1. The van der Waals surface area contributed by atoms with Crippen LogP contribution in [0.3, 0.4) is 0 Å². The first kappa shape index (κ1) is 31.9. The van der Waals surface area contributed by atoms with Crippen LogP contribution in [0.25, 0.3) is 0 Å². The van der Waals surface area contributed by atoms with Gasteiger partial charge in [0.2, 0.25) is 15.9 Å². The predicted molar refractivity (Wildman–Crippen MR) is 161 cm³/mol. The number of hydrogen-bond donors (Lipinski definition) is 1. The number of nitrogens with zero attached hydrogens (tertiary/aromatic N) is 2. The van der Waals surface area contributed by atoms with Gasteiger partial charge >= 0.3 is 0 Å². The van der Waals surface area contributed by atoms with Crippen LogP contribution in [0.5, 0.6) is 23.0 Å². The standard InChI is InChI=1S/C29H35N3O9S2/c1-5-41-22-10-8-21(9-11-22)32(43(36,37)24-13-15-27(39-3)28(19-24)40-4)20-29(33)30-25-18-23(12-14-26(25)38-2)42(34,35)31-16-6-7-17-31/h8-15,18-19H,5-7,16-17,20H2,1-4H3,(H,30,33). The van der Waals surface area contributed by atoms with Crippen LogP contribution in [-0.4, -0.2) is 74.6 Å². The molecule has 12 nitrogen and oxygen atoms in total. The second-order valence-corrected chi connectivity index (χ2v) is 13.3. The second-order valence-electron chi connectivity index (χ2n) is 9.48. The van der Waals surface area contributed by atoms with Crippen LogP contribution in [-0.2, 0) is 24.8 Å². The van der Waals surface area contributed by atoms with Gasteiger partial charge in [-0.2, -0.15) is 4.31 Å². The minimum atomic E-state index is -4.32. The second kappa shape index (κ2) is 13.5. The largest absolute Gasteiger partial charge is 0.495 e. The Labute approximate surface area is 252 Å². The molecule has 0 saturated carbocycles. The fourth-order valence-corrected chi connectivity index (χ4v) is 7.62. The van der Waals surface area contributed by atoms with Gasteiger partial charge in [0.25, 0.3) is 10.0 Å². The normalized spacial score (nSPS) is 13.8. The summed E-state index contributed by atoms with van der Waals surface area (Å²) in [6.45, 7) is 2.44. The molecule has 1 aliphatic heterocycles. The van der Waals surface area contributed by atoms with E-state index < -0.39 is 32.5 Å². The third kappa shape index (κ3) is 6.98. The molecule has 1 fully saturated rings. The van der Waals surface area contributed by atoms with Crippen molar-refractivity contribution in [3.63, 3.8) is 0 Å². The molecule has 4 rings (SSSR count). The van der Waals surface area contributed by atoms with Crippen LogP contribution >= 0.6 is 0 Å². The van der Waals surface area contributed by atoms with Gasteiger partial charge in [0.15, 0.2) is 11.5 Å². The van der Waals surface area contributed by atoms with Crippen LogP contribution in [0.15, 0.2) is 70.5 Å². The van der Waals surface area contributed by atoms with Gasteiger partial charge in [0.05, 0.1) is 49.1 Å². The van der Waals surface area contributed by atoms with E-state index in [-0.39, 0.29) is 32.7 Å². The van der Waals surface area contributed by atoms with E-state index in [1.54, 1.807) is 12.1 Å². The van der Waals surface area contributed by atoms with E-state index in [0.29, 0.717) is 31.2 Å². The van der Waals surface area contributed by atoms with E-state index in [4.69, 9.17) is 18.9 Å². The van der Waals surface area contributed by atoms with Gasteiger partial charge in [-0.05, 0) is 74.4 Å². The lowest BCUT2D eigenvalue weighted by molar-refractivity contribution is -0.114. The molecule has 1 saturated heterocycles. The fourth-order valence-electron chi connectivity index (χ4n) is 4.64. The average molecular weight is 634 g/mol. The molecule has 0 bridgehead atoms. The number of amides is 1. The molecule has 43 heavy (non-hydrogen) atoms. The summed E-state index contributed by atoms with van der Waals surface area (Å²) in [5.74, 6) is 0.541. The number of sulfonamides is 2. The molecule has 0 unspecified atom stereocenters. The Bertz CT molecular complexity index is 1650. The van der Waals surface area contributed by atoms with Crippen molar-refractivity contribution in [1.82, 2.24) is 4.31 Å². The lowest BCUT2D eigenvalue weighted by atomic mass is 10.2. The Balaban J connectivity index is 1.69. The summed E-state index contributed by atoms with van der Waals surface area (Å²) >= 11 is 0. The zero-order valence-corrected chi connectivity index (χ0v) is 26.0. The van der Waals surface area contributed by atoms with Crippen LogP contribution in [0.4, 0.5) is 11.4 Å². The third-order valence-electron chi connectivity index (χ3n) is 6.81. The summed E-state index contributed by atoms with van der Waals surface area (Å²) in [6.07, 6.45) is 1.55. The van der Waals surface area contributed by atoms with E-state index in [2.05, 4.69) is 5.32 Å². The maximum absolute atomic E-state index is 14.0. The van der Waals surface area contributed by atoms with Gasteiger partial charge in [0.1, 0.15) is 18.0 Å². The van der Waals surface area contributed by atoms with Crippen molar-refractivity contribution < 1.29 is 40.6 Å². The molecule has 1 aliphatic rings. The van der Waals surface area contributed by atoms with Gasteiger partial charge in [-0.15, -0.1) is 0 Å². The molecule has 0 radical (unpaired) electrons.